The average Bonchev–Trinajstić information content (AvgIpc) is 1.88. The van der Waals surface area contributed by atoms with Crippen LogP contribution in [-0.2, 0) is 4.79 Å². The monoisotopic (exact) mass is 202 g/mol. The van der Waals surface area contributed by atoms with Gasteiger partial charge in [-0.3, -0.25) is 4.79 Å². The number of allylic oxidation sites excluding steroid dienone is 2. The topological polar surface area (TPSA) is 17.1 Å². The second kappa shape index (κ2) is 3.33. The van der Waals surface area contributed by atoms with E-state index in [1.54, 1.807) is 6.92 Å². The molecule has 0 radical (unpaired) electrons. The normalized spacial score (nSPS) is 25.8. The van der Waals surface area contributed by atoms with Crippen LogP contribution in [0.2, 0.25) is 0 Å². The van der Waals surface area contributed by atoms with E-state index in [9.17, 15) is 4.79 Å². The van der Waals surface area contributed by atoms with Crippen LogP contribution in [0.1, 0.15) is 26.2 Å². The van der Waals surface area contributed by atoms with Gasteiger partial charge in [0.25, 0.3) is 0 Å². The zero-order valence-electron chi connectivity index (χ0n) is 6.06. The fraction of sp³-hybridized carbons (Fsp3) is 0.625. The summed E-state index contributed by atoms with van der Waals surface area (Å²) in [7, 11) is 0. The number of halogens is 1. The van der Waals surface area contributed by atoms with E-state index < -0.39 is 0 Å². The van der Waals surface area contributed by atoms with Gasteiger partial charge in [-0.25, -0.2) is 0 Å². The molecular weight excluding hydrogens is 192 g/mol. The maximum absolute atomic E-state index is 10.8. The lowest BCUT2D eigenvalue weighted by atomic mass is 9.97. The van der Waals surface area contributed by atoms with Crippen molar-refractivity contribution in [3.63, 3.8) is 0 Å². The van der Waals surface area contributed by atoms with E-state index in [2.05, 4.69) is 15.9 Å². The van der Waals surface area contributed by atoms with Crippen LogP contribution in [0.3, 0.4) is 0 Å². The van der Waals surface area contributed by atoms with Crippen molar-refractivity contribution in [3.05, 3.63) is 11.6 Å². The molecule has 0 saturated carbocycles. The Morgan fingerprint density at radius 3 is 2.90 bits per heavy atom. The summed E-state index contributed by atoms with van der Waals surface area (Å²) in [6.45, 7) is 1.64. The molecule has 56 valence electrons. The number of hydrogen-bond donors (Lipinski definition) is 0. The van der Waals surface area contributed by atoms with Gasteiger partial charge >= 0.3 is 0 Å². The minimum Gasteiger partial charge on any atom is -0.295 e. The molecule has 2 heteroatoms. The molecule has 0 aromatic heterocycles. The summed E-state index contributed by atoms with van der Waals surface area (Å²) in [5.41, 5.74) is 1.01. The first kappa shape index (κ1) is 7.99. The predicted molar refractivity (Wildman–Crippen MR) is 45.3 cm³/mol. The SMILES string of the molecule is CC(=O)C1=CCC(Br)CC1. The molecule has 0 aromatic carbocycles. The van der Waals surface area contributed by atoms with Crippen molar-refractivity contribution in [2.24, 2.45) is 0 Å². The highest BCUT2D eigenvalue weighted by molar-refractivity contribution is 9.09. The summed E-state index contributed by atoms with van der Waals surface area (Å²) in [6, 6.07) is 0. The molecule has 1 rings (SSSR count). The number of rotatable bonds is 1. The number of alkyl halides is 1. The third-order valence-electron chi connectivity index (χ3n) is 1.80. The summed E-state index contributed by atoms with van der Waals surface area (Å²) < 4.78 is 0. The van der Waals surface area contributed by atoms with E-state index in [0.29, 0.717) is 4.83 Å². The van der Waals surface area contributed by atoms with Crippen molar-refractivity contribution in [2.45, 2.75) is 31.0 Å². The van der Waals surface area contributed by atoms with E-state index in [-0.39, 0.29) is 5.78 Å². The summed E-state index contributed by atoms with van der Waals surface area (Å²) in [6.07, 6.45) is 5.11. The quantitative estimate of drug-likeness (QED) is 0.598. The summed E-state index contributed by atoms with van der Waals surface area (Å²) in [5, 5.41) is 0. The largest absolute Gasteiger partial charge is 0.295 e. The summed E-state index contributed by atoms with van der Waals surface area (Å²) >= 11 is 3.51. The Bertz CT molecular complexity index is 172. The van der Waals surface area contributed by atoms with Crippen LogP contribution in [0.15, 0.2) is 11.6 Å². The second-order valence-electron chi connectivity index (χ2n) is 2.66. The van der Waals surface area contributed by atoms with Crippen LogP contribution in [0.5, 0.6) is 0 Å². The molecule has 0 saturated heterocycles. The third kappa shape index (κ3) is 1.94. The minimum atomic E-state index is 0.236. The molecule has 1 aliphatic rings. The van der Waals surface area contributed by atoms with Crippen LogP contribution in [0.4, 0.5) is 0 Å². The number of carbonyl (C=O) groups is 1. The van der Waals surface area contributed by atoms with Gasteiger partial charge in [0, 0.05) is 4.83 Å². The Balaban J connectivity index is 2.56. The van der Waals surface area contributed by atoms with Gasteiger partial charge in [-0.1, -0.05) is 22.0 Å². The summed E-state index contributed by atoms with van der Waals surface area (Å²) in [5.74, 6) is 0.236. The van der Waals surface area contributed by atoms with Gasteiger partial charge in [0.2, 0.25) is 0 Å². The highest BCUT2D eigenvalue weighted by Gasteiger charge is 2.13. The first-order chi connectivity index (χ1) is 4.70. The minimum absolute atomic E-state index is 0.236. The number of Topliss-reactive ketones (excluding diaryl/α,β-unsaturated/α-hetero) is 1. The predicted octanol–water partition coefficient (Wildman–Crippen LogP) is 2.45. The molecule has 0 fully saturated rings. The van der Waals surface area contributed by atoms with Crippen molar-refractivity contribution >= 4 is 21.7 Å². The zero-order valence-corrected chi connectivity index (χ0v) is 7.65. The fourth-order valence-electron chi connectivity index (χ4n) is 1.12. The maximum Gasteiger partial charge on any atom is 0.155 e. The highest BCUT2D eigenvalue weighted by Crippen LogP contribution is 2.23. The highest BCUT2D eigenvalue weighted by atomic mass is 79.9. The lowest BCUT2D eigenvalue weighted by molar-refractivity contribution is -0.113. The van der Waals surface area contributed by atoms with E-state index in [0.717, 1.165) is 24.8 Å². The smallest absolute Gasteiger partial charge is 0.155 e. The van der Waals surface area contributed by atoms with E-state index >= 15 is 0 Å². The van der Waals surface area contributed by atoms with Gasteiger partial charge in [-0.15, -0.1) is 0 Å². The van der Waals surface area contributed by atoms with Crippen molar-refractivity contribution < 1.29 is 4.79 Å². The Morgan fingerprint density at radius 2 is 2.50 bits per heavy atom. The molecular formula is C8H11BrO. The standard InChI is InChI=1S/C8H11BrO/c1-6(10)7-2-4-8(9)5-3-7/h2,8H,3-5H2,1H3. The average molecular weight is 203 g/mol. The van der Waals surface area contributed by atoms with Gasteiger partial charge < -0.3 is 0 Å². The number of carbonyl (C=O) groups excluding carboxylic acids is 1. The first-order valence-corrected chi connectivity index (χ1v) is 4.45. The van der Waals surface area contributed by atoms with Crippen LogP contribution >= 0.6 is 15.9 Å². The Kier molecular flexibility index (Phi) is 2.66. The Hall–Kier alpha value is -0.110. The molecule has 0 amide bonds. The van der Waals surface area contributed by atoms with E-state index in [1.807, 2.05) is 6.08 Å². The zero-order chi connectivity index (χ0) is 7.56. The van der Waals surface area contributed by atoms with Crippen molar-refractivity contribution in [3.8, 4) is 0 Å². The maximum atomic E-state index is 10.8. The van der Waals surface area contributed by atoms with Crippen LogP contribution in [0.25, 0.3) is 0 Å². The fourth-order valence-corrected chi connectivity index (χ4v) is 1.54. The molecule has 0 N–H and O–H groups in total. The Morgan fingerprint density at radius 1 is 1.80 bits per heavy atom. The number of hydrogen-bond acceptors (Lipinski definition) is 1. The van der Waals surface area contributed by atoms with E-state index in [1.165, 1.54) is 0 Å². The van der Waals surface area contributed by atoms with Crippen LogP contribution < -0.4 is 0 Å². The third-order valence-corrected chi connectivity index (χ3v) is 2.63. The Labute approximate surface area is 69.6 Å². The van der Waals surface area contributed by atoms with Crippen molar-refractivity contribution in [1.29, 1.82) is 0 Å². The van der Waals surface area contributed by atoms with Gasteiger partial charge in [0.1, 0.15) is 0 Å². The molecule has 1 atom stereocenters. The molecule has 0 heterocycles. The van der Waals surface area contributed by atoms with Crippen molar-refractivity contribution in [2.75, 3.05) is 0 Å². The second-order valence-corrected chi connectivity index (χ2v) is 3.95. The summed E-state index contributed by atoms with van der Waals surface area (Å²) in [4.78, 5) is 11.4. The molecule has 0 aromatic rings. The lowest BCUT2D eigenvalue weighted by Gasteiger charge is -2.14. The van der Waals surface area contributed by atoms with Crippen molar-refractivity contribution in [1.82, 2.24) is 0 Å². The molecule has 1 nitrogen and oxygen atoms in total. The van der Waals surface area contributed by atoms with Crippen LogP contribution in [-0.4, -0.2) is 10.6 Å². The van der Waals surface area contributed by atoms with Gasteiger partial charge in [0.15, 0.2) is 5.78 Å². The first-order valence-electron chi connectivity index (χ1n) is 3.54. The molecule has 1 unspecified atom stereocenters. The lowest BCUT2D eigenvalue weighted by Crippen LogP contribution is -2.08. The molecule has 0 spiro atoms. The molecule has 0 bridgehead atoms. The molecule has 1 aliphatic carbocycles. The molecule has 0 aliphatic heterocycles. The van der Waals surface area contributed by atoms with Crippen LogP contribution in [0, 0.1) is 0 Å². The van der Waals surface area contributed by atoms with Gasteiger partial charge in [-0.05, 0) is 31.8 Å². The van der Waals surface area contributed by atoms with E-state index in [4.69, 9.17) is 0 Å². The van der Waals surface area contributed by atoms with Gasteiger partial charge in [0.05, 0.1) is 0 Å². The molecule has 10 heavy (non-hydrogen) atoms. The van der Waals surface area contributed by atoms with Gasteiger partial charge in [-0.2, -0.15) is 0 Å². The number of ketones is 1.